The van der Waals surface area contributed by atoms with Gasteiger partial charge in [0.2, 0.25) is 5.91 Å². The van der Waals surface area contributed by atoms with Crippen LogP contribution in [0.3, 0.4) is 0 Å². The van der Waals surface area contributed by atoms with Gasteiger partial charge in [-0.15, -0.1) is 35.3 Å². The molecule has 1 aliphatic carbocycles. The van der Waals surface area contributed by atoms with Crippen LogP contribution in [0.5, 0.6) is 0 Å². The molecular weight excluding hydrogens is 521 g/mol. The molecule has 8 heteroatoms. The van der Waals surface area contributed by atoms with Crippen LogP contribution in [0.4, 0.5) is 0 Å². The Labute approximate surface area is 208 Å². The van der Waals surface area contributed by atoms with E-state index in [1.165, 1.54) is 43.6 Å². The van der Waals surface area contributed by atoms with Crippen LogP contribution in [0.1, 0.15) is 62.8 Å². The molecule has 6 nitrogen and oxygen atoms in total. The molecule has 2 unspecified atom stereocenters. The maximum atomic E-state index is 12.7. The standard InChI is InChI=1S/C23H37N5OS.HI/c1-2-24-23(25-16-20(21-10-7-15-30-21)27-12-5-6-13-27)26-19-11-14-28(17-19)22(29)18-8-3-4-9-18;/h7,10,15,18-20H,2-6,8-9,11-14,16-17H2,1H3,(H2,24,25,26);1H. The summed E-state index contributed by atoms with van der Waals surface area (Å²) >= 11 is 1.84. The fourth-order valence-electron chi connectivity index (χ4n) is 5.12. The summed E-state index contributed by atoms with van der Waals surface area (Å²) in [6.07, 6.45) is 8.17. The first kappa shape index (κ1) is 24.8. The lowest BCUT2D eigenvalue weighted by Gasteiger charge is -2.26. The van der Waals surface area contributed by atoms with E-state index in [1.54, 1.807) is 0 Å². The van der Waals surface area contributed by atoms with Crippen molar-refractivity contribution in [3.8, 4) is 0 Å². The van der Waals surface area contributed by atoms with Crippen molar-refractivity contribution in [1.82, 2.24) is 20.4 Å². The van der Waals surface area contributed by atoms with Gasteiger partial charge in [-0.3, -0.25) is 14.7 Å². The number of likely N-dealkylation sites (tertiary alicyclic amines) is 2. The van der Waals surface area contributed by atoms with Crippen LogP contribution in [-0.4, -0.2) is 67.0 Å². The van der Waals surface area contributed by atoms with Gasteiger partial charge in [-0.2, -0.15) is 0 Å². The molecule has 0 radical (unpaired) electrons. The molecule has 1 saturated carbocycles. The molecule has 0 aromatic carbocycles. The predicted molar refractivity (Wildman–Crippen MR) is 139 cm³/mol. The fourth-order valence-corrected chi connectivity index (χ4v) is 5.97. The van der Waals surface area contributed by atoms with Crippen molar-refractivity contribution in [3.05, 3.63) is 22.4 Å². The van der Waals surface area contributed by atoms with Gasteiger partial charge in [0.15, 0.2) is 5.96 Å². The van der Waals surface area contributed by atoms with E-state index in [-0.39, 0.29) is 29.9 Å². The average molecular weight is 560 g/mol. The van der Waals surface area contributed by atoms with Gasteiger partial charge in [-0.1, -0.05) is 18.9 Å². The molecule has 3 heterocycles. The number of guanidine groups is 1. The quantitative estimate of drug-likeness (QED) is 0.303. The van der Waals surface area contributed by atoms with Crippen molar-refractivity contribution in [2.45, 2.75) is 64.0 Å². The lowest BCUT2D eigenvalue weighted by Crippen LogP contribution is -2.45. The van der Waals surface area contributed by atoms with E-state index in [1.807, 2.05) is 11.3 Å². The Morgan fingerprint density at radius 2 is 1.97 bits per heavy atom. The molecule has 1 amide bonds. The summed E-state index contributed by atoms with van der Waals surface area (Å²) in [6.45, 7) is 7.74. The van der Waals surface area contributed by atoms with E-state index >= 15 is 0 Å². The molecule has 31 heavy (non-hydrogen) atoms. The third-order valence-electron chi connectivity index (χ3n) is 6.76. The van der Waals surface area contributed by atoms with Crippen molar-refractivity contribution >= 4 is 47.2 Å². The first-order valence-corrected chi connectivity index (χ1v) is 12.7. The summed E-state index contributed by atoms with van der Waals surface area (Å²) < 4.78 is 0. The molecular formula is C23H38IN5OS. The smallest absolute Gasteiger partial charge is 0.225 e. The highest BCUT2D eigenvalue weighted by Crippen LogP contribution is 2.29. The molecule has 3 aliphatic rings. The Bertz CT molecular complexity index is 701. The van der Waals surface area contributed by atoms with Crippen LogP contribution in [0, 0.1) is 5.92 Å². The topological polar surface area (TPSA) is 60.0 Å². The molecule has 0 spiro atoms. The van der Waals surface area contributed by atoms with Gasteiger partial charge >= 0.3 is 0 Å². The Morgan fingerprint density at radius 1 is 1.19 bits per heavy atom. The van der Waals surface area contributed by atoms with Gasteiger partial charge in [-0.25, -0.2) is 0 Å². The summed E-state index contributed by atoms with van der Waals surface area (Å²) in [5, 5.41) is 9.20. The number of amides is 1. The summed E-state index contributed by atoms with van der Waals surface area (Å²) in [6, 6.07) is 5.05. The number of carbonyl (C=O) groups is 1. The Kier molecular flexibility index (Phi) is 9.90. The molecule has 1 aromatic heterocycles. The van der Waals surface area contributed by atoms with Gasteiger partial charge < -0.3 is 15.5 Å². The molecule has 2 N–H and O–H groups in total. The van der Waals surface area contributed by atoms with Crippen LogP contribution < -0.4 is 10.6 Å². The number of hydrogen-bond acceptors (Lipinski definition) is 4. The Morgan fingerprint density at radius 3 is 2.65 bits per heavy atom. The van der Waals surface area contributed by atoms with Crippen LogP contribution >= 0.6 is 35.3 Å². The Hall–Kier alpha value is -0.870. The first-order valence-electron chi connectivity index (χ1n) is 11.9. The SMILES string of the molecule is CCNC(=NCC(c1cccs1)N1CCCC1)NC1CCN(C(=O)C2CCCC2)C1.I. The second kappa shape index (κ2) is 12.4. The maximum absolute atomic E-state index is 12.7. The average Bonchev–Trinajstić information content (AvgIpc) is 3.57. The van der Waals surface area contributed by atoms with Crippen LogP contribution in [0.2, 0.25) is 0 Å². The number of nitrogens with zero attached hydrogens (tertiary/aromatic N) is 3. The van der Waals surface area contributed by atoms with Crippen molar-refractivity contribution in [3.63, 3.8) is 0 Å². The lowest BCUT2D eigenvalue weighted by molar-refractivity contribution is -0.134. The highest BCUT2D eigenvalue weighted by atomic mass is 127. The van der Waals surface area contributed by atoms with Gasteiger partial charge in [-0.05, 0) is 63.6 Å². The lowest BCUT2D eigenvalue weighted by atomic mass is 10.1. The fraction of sp³-hybridized carbons (Fsp3) is 0.739. The minimum Gasteiger partial charge on any atom is -0.357 e. The normalized spacial score (nSPS) is 23.7. The van der Waals surface area contributed by atoms with E-state index in [2.05, 4.69) is 44.9 Å². The zero-order chi connectivity index (χ0) is 20.8. The highest BCUT2D eigenvalue weighted by Gasteiger charge is 2.32. The zero-order valence-electron chi connectivity index (χ0n) is 18.7. The van der Waals surface area contributed by atoms with Crippen molar-refractivity contribution in [1.29, 1.82) is 0 Å². The van der Waals surface area contributed by atoms with Crippen molar-refractivity contribution in [2.24, 2.45) is 10.9 Å². The number of aliphatic imine (C=N–C) groups is 1. The first-order chi connectivity index (χ1) is 14.7. The summed E-state index contributed by atoms with van der Waals surface area (Å²) in [5.74, 6) is 1.54. The van der Waals surface area contributed by atoms with E-state index in [9.17, 15) is 4.79 Å². The second-order valence-electron chi connectivity index (χ2n) is 8.89. The number of thiophene rings is 1. The van der Waals surface area contributed by atoms with Gasteiger partial charge in [0.25, 0.3) is 0 Å². The van der Waals surface area contributed by atoms with Gasteiger partial charge in [0, 0.05) is 36.5 Å². The number of hydrogen-bond donors (Lipinski definition) is 2. The Balaban J connectivity index is 0.00000272. The van der Waals surface area contributed by atoms with Gasteiger partial charge in [0.1, 0.15) is 0 Å². The van der Waals surface area contributed by atoms with Crippen LogP contribution in [0.15, 0.2) is 22.5 Å². The molecule has 2 saturated heterocycles. The third kappa shape index (κ3) is 6.57. The largest absolute Gasteiger partial charge is 0.357 e. The third-order valence-corrected chi connectivity index (χ3v) is 7.74. The molecule has 2 aliphatic heterocycles. The predicted octanol–water partition coefficient (Wildman–Crippen LogP) is 3.85. The number of carbonyl (C=O) groups excluding carboxylic acids is 1. The van der Waals surface area contributed by atoms with E-state index < -0.39 is 0 Å². The molecule has 3 fully saturated rings. The number of halogens is 1. The van der Waals surface area contributed by atoms with Gasteiger partial charge in [0.05, 0.1) is 12.6 Å². The zero-order valence-corrected chi connectivity index (χ0v) is 21.9. The maximum Gasteiger partial charge on any atom is 0.225 e. The molecule has 174 valence electrons. The minimum absolute atomic E-state index is 0. The molecule has 4 rings (SSSR count). The summed E-state index contributed by atoms with van der Waals surface area (Å²) in [7, 11) is 0. The van der Waals surface area contributed by atoms with E-state index in [0.717, 1.165) is 51.4 Å². The van der Waals surface area contributed by atoms with Crippen molar-refractivity contribution in [2.75, 3.05) is 39.3 Å². The minimum atomic E-state index is 0. The molecule has 0 bridgehead atoms. The van der Waals surface area contributed by atoms with E-state index in [0.29, 0.717) is 18.0 Å². The highest BCUT2D eigenvalue weighted by molar-refractivity contribution is 14.0. The second-order valence-corrected chi connectivity index (χ2v) is 9.87. The monoisotopic (exact) mass is 559 g/mol. The molecule has 2 atom stereocenters. The number of nitrogens with one attached hydrogen (secondary N) is 2. The van der Waals surface area contributed by atoms with Crippen LogP contribution in [0.25, 0.3) is 0 Å². The summed E-state index contributed by atoms with van der Waals surface area (Å²) in [5.41, 5.74) is 0. The van der Waals surface area contributed by atoms with E-state index in [4.69, 9.17) is 4.99 Å². The summed E-state index contributed by atoms with van der Waals surface area (Å²) in [4.78, 5) is 23.8. The van der Waals surface area contributed by atoms with Crippen LogP contribution in [-0.2, 0) is 4.79 Å². The molecule has 1 aromatic rings. The van der Waals surface area contributed by atoms with Crippen molar-refractivity contribution < 1.29 is 4.79 Å². The number of rotatable bonds is 7.